The highest BCUT2D eigenvalue weighted by molar-refractivity contribution is 4.91. The van der Waals surface area contributed by atoms with Gasteiger partial charge in [0, 0.05) is 6.61 Å². The summed E-state index contributed by atoms with van der Waals surface area (Å²) in [6.07, 6.45) is 23.8. The molecule has 0 radical (unpaired) electrons. The van der Waals surface area contributed by atoms with E-state index in [9.17, 15) is 0 Å². The molecule has 0 unspecified atom stereocenters. The van der Waals surface area contributed by atoms with Gasteiger partial charge in [-0.3, -0.25) is 0 Å². The number of allylic oxidation sites excluding steroid dienone is 2. The first kappa shape index (κ1) is 19.8. The molecular weight excluding hydrogens is 292 g/mol. The molecule has 1 heteroatoms. The molecule has 0 amide bonds. The number of rotatable bonds is 10. The summed E-state index contributed by atoms with van der Waals surface area (Å²) < 4.78 is 5.63. The van der Waals surface area contributed by atoms with Crippen LogP contribution in [0.5, 0.6) is 0 Å². The van der Waals surface area contributed by atoms with Gasteiger partial charge in [-0.25, -0.2) is 0 Å². The van der Waals surface area contributed by atoms with Crippen LogP contribution in [0.3, 0.4) is 0 Å². The van der Waals surface area contributed by atoms with E-state index in [1.165, 1.54) is 77.0 Å². The zero-order valence-electron chi connectivity index (χ0n) is 16.1. The molecule has 1 nitrogen and oxygen atoms in total. The van der Waals surface area contributed by atoms with Crippen molar-refractivity contribution in [3.8, 4) is 0 Å². The van der Waals surface area contributed by atoms with Gasteiger partial charge in [0.05, 0.1) is 6.61 Å². The molecule has 0 spiro atoms. The number of hydrogen-bond acceptors (Lipinski definition) is 1. The molecule has 24 heavy (non-hydrogen) atoms. The maximum absolute atomic E-state index is 5.63. The van der Waals surface area contributed by atoms with Gasteiger partial charge in [-0.1, -0.05) is 57.3 Å². The second-order valence-corrected chi connectivity index (χ2v) is 8.29. The van der Waals surface area contributed by atoms with Crippen molar-refractivity contribution in [2.75, 3.05) is 13.2 Å². The molecule has 0 bridgehead atoms. The fourth-order valence-electron chi connectivity index (χ4n) is 4.60. The Morgan fingerprint density at radius 1 is 0.875 bits per heavy atom. The SMILES string of the molecule is C=CCOCC1CCC(CCC2CCC(/C=C/CCC)CC2)CC1. The van der Waals surface area contributed by atoms with Crippen molar-refractivity contribution in [3.63, 3.8) is 0 Å². The second kappa shape index (κ2) is 11.9. The first-order valence-corrected chi connectivity index (χ1v) is 10.7. The molecule has 0 saturated heterocycles. The predicted molar refractivity (Wildman–Crippen MR) is 105 cm³/mol. The molecule has 2 rings (SSSR count). The van der Waals surface area contributed by atoms with Crippen molar-refractivity contribution in [3.05, 3.63) is 24.8 Å². The number of ether oxygens (including phenoxy) is 1. The third kappa shape index (κ3) is 7.55. The van der Waals surface area contributed by atoms with Crippen LogP contribution in [-0.4, -0.2) is 13.2 Å². The third-order valence-corrected chi connectivity index (χ3v) is 6.29. The molecule has 2 aliphatic carbocycles. The van der Waals surface area contributed by atoms with Crippen LogP contribution in [0.1, 0.15) is 84.0 Å². The molecule has 0 N–H and O–H groups in total. The minimum atomic E-state index is 0.718. The Balaban J connectivity index is 1.53. The van der Waals surface area contributed by atoms with Gasteiger partial charge < -0.3 is 4.74 Å². The lowest BCUT2D eigenvalue weighted by atomic mass is 9.75. The fraction of sp³-hybridized carbons (Fsp3) is 0.826. The van der Waals surface area contributed by atoms with Crippen molar-refractivity contribution < 1.29 is 4.74 Å². The predicted octanol–water partition coefficient (Wildman–Crippen LogP) is 6.94. The van der Waals surface area contributed by atoms with E-state index in [2.05, 4.69) is 25.7 Å². The van der Waals surface area contributed by atoms with Crippen molar-refractivity contribution in [1.82, 2.24) is 0 Å². The summed E-state index contributed by atoms with van der Waals surface area (Å²) in [7, 11) is 0. The minimum absolute atomic E-state index is 0.718. The Bertz CT molecular complexity index is 343. The van der Waals surface area contributed by atoms with Gasteiger partial charge in [-0.15, -0.1) is 6.58 Å². The highest BCUT2D eigenvalue weighted by Crippen LogP contribution is 2.36. The molecule has 0 aromatic heterocycles. The van der Waals surface area contributed by atoms with Gasteiger partial charge in [-0.2, -0.15) is 0 Å². The van der Waals surface area contributed by atoms with E-state index < -0.39 is 0 Å². The molecule has 2 fully saturated rings. The van der Waals surface area contributed by atoms with Gasteiger partial charge in [-0.05, 0) is 68.6 Å². The molecule has 0 aromatic carbocycles. The van der Waals surface area contributed by atoms with Crippen molar-refractivity contribution in [1.29, 1.82) is 0 Å². The van der Waals surface area contributed by atoms with Crippen molar-refractivity contribution in [2.45, 2.75) is 84.0 Å². The smallest absolute Gasteiger partial charge is 0.0644 e. The van der Waals surface area contributed by atoms with Crippen LogP contribution < -0.4 is 0 Å². The highest BCUT2D eigenvalue weighted by atomic mass is 16.5. The van der Waals surface area contributed by atoms with Gasteiger partial charge in [0.25, 0.3) is 0 Å². The summed E-state index contributed by atoms with van der Waals surface area (Å²) in [4.78, 5) is 0. The molecular formula is C23H40O. The molecule has 0 atom stereocenters. The summed E-state index contributed by atoms with van der Waals surface area (Å²) in [5.74, 6) is 3.72. The Labute approximate surface area is 150 Å². The topological polar surface area (TPSA) is 9.23 Å². The molecule has 0 heterocycles. The largest absolute Gasteiger partial charge is 0.377 e. The van der Waals surface area contributed by atoms with Gasteiger partial charge in [0.1, 0.15) is 0 Å². The molecule has 138 valence electrons. The highest BCUT2D eigenvalue weighted by Gasteiger charge is 2.24. The van der Waals surface area contributed by atoms with Crippen LogP contribution in [0.25, 0.3) is 0 Å². The van der Waals surface area contributed by atoms with Crippen LogP contribution in [-0.2, 0) is 4.74 Å². The Morgan fingerprint density at radius 3 is 2.04 bits per heavy atom. The maximum atomic E-state index is 5.63. The Hall–Kier alpha value is -0.560. The summed E-state index contributed by atoms with van der Waals surface area (Å²) in [6.45, 7) is 7.66. The lowest BCUT2D eigenvalue weighted by Gasteiger charge is -2.31. The van der Waals surface area contributed by atoms with E-state index in [-0.39, 0.29) is 0 Å². The average Bonchev–Trinajstić information content (AvgIpc) is 2.63. The van der Waals surface area contributed by atoms with Crippen LogP contribution in [0, 0.1) is 23.7 Å². The normalized spacial score (nSPS) is 31.4. The van der Waals surface area contributed by atoms with Gasteiger partial charge in [0.2, 0.25) is 0 Å². The first-order valence-electron chi connectivity index (χ1n) is 10.7. The van der Waals surface area contributed by atoms with E-state index in [0.717, 1.165) is 36.9 Å². The Kier molecular flexibility index (Phi) is 9.80. The second-order valence-electron chi connectivity index (χ2n) is 8.29. The average molecular weight is 333 g/mol. The van der Waals surface area contributed by atoms with Crippen LogP contribution in [0.15, 0.2) is 24.8 Å². The van der Waals surface area contributed by atoms with E-state index in [0.29, 0.717) is 0 Å². The summed E-state index contributed by atoms with van der Waals surface area (Å²) in [5.41, 5.74) is 0. The quantitative estimate of drug-likeness (QED) is 0.311. The van der Waals surface area contributed by atoms with Gasteiger partial charge >= 0.3 is 0 Å². The zero-order valence-corrected chi connectivity index (χ0v) is 16.1. The molecule has 0 aromatic rings. The van der Waals surface area contributed by atoms with E-state index in [1.807, 2.05) is 6.08 Å². The Morgan fingerprint density at radius 2 is 1.46 bits per heavy atom. The molecule has 2 aliphatic rings. The summed E-state index contributed by atoms with van der Waals surface area (Å²) in [6, 6.07) is 0. The first-order chi connectivity index (χ1) is 11.8. The lowest BCUT2D eigenvalue weighted by molar-refractivity contribution is 0.0937. The molecule has 0 aliphatic heterocycles. The van der Waals surface area contributed by atoms with Crippen molar-refractivity contribution in [2.24, 2.45) is 23.7 Å². The van der Waals surface area contributed by atoms with Crippen LogP contribution >= 0.6 is 0 Å². The summed E-state index contributed by atoms with van der Waals surface area (Å²) >= 11 is 0. The maximum Gasteiger partial charge on any atom is 0.0644 e. The van der Waals surface area contributed by atoms with E-state index in [4.69, 9.17) is 4.74 Å². The molecule has 2 saturated carbocycles. The van der Waals surface area contributed by atoms with Crippen LogP contribution in [0.2, 0.25) is 0 Å². The summed E-state index contributed by atoms with van der Waals surface area (Å²) in [5, 5.41) is 0. The van der Waals surface area contributed by atoms with Crippen LogP contribution in [0.4, 0.5) is 0 Å². The number of hydrogen-bond donors (Lipinski definition) is 0. The standard InChI is InChI=1S/C23H40O/c1-3-5-6-7-20-8-10-21(11-9-20)12-13-22-14-16-23(17-15-22)19-24-18-4-2/h4,6-7,20-23H,2-3,5,8-19H2,1H3/b7-6+. The fourth-order valence-corrected chi connectivity index (χ4v) is 4.60. The zero-order chi connectivity index (χ0) is 17.0. The minimum Gasteiger partial charge on any atom is -0.377 e. The third-order valence-electron chi connectivity index (χ3n) is 6.29. The van der Waals surface area contributed by atoms with E-state index >= 15 is 0 Å². The van der Waals surface area contributed by atoms with Crippen molar-refractivity contribution >= 4 is 0 Å². The number of unbranched alkanes of at least 4 members (excludes halogenated alkanes) is 1. The van der Waals surface area contributed by atoms with E-state index in [1.54, 1.807) is 0 Å². The van der Waals surface area contributed by atoms with Gasteiger partial charge in [0.15, 0.2) is 0 Å². The monoisotopic (exact) mass is 332 g/mol. The lowest BCUT2D eigenvalue weighted by Crippen LogP contribution is -2.20.